The van der Waals surface area contributed by atoms with Gasteiger partial charge in [0.25, 0.3) is 0 Å². The van der Waals surface area contributed by atoms with Crippen molar-refractivity contribution >= 4 is 21.9 Å². The van der Waals surface area contributed by atoms with E-state index in [2.05, 4.69) is 31.2 Å². The molecule has 2 aromatic rings. The third kappa shape index (κ3) is 3.25. The van der Waals surface area contributed by atoms with Crippen LogP contribution in [0.1, 0.15) is 0 Å². The lowest BCUT2D eigenvalue weighted by atomic mass is 10.1. The molecule has 88 valence electrons. The maximum atomic E-state index is 8.66. The van der Waals surface area contributed by atoms with E-state index in [1.54, 1.807) is 12.4 Å². The molecule has 0 spiro atoms. The zero-order valence-electron chi connectivity index (χ0n) is 9.10. The minimum absolute atomic E-state index is 0.0673. The second-order valence-corrected chi connectivity index (χ2v) is 4.37. The first-order valence-corrected chi connectivity index (χ1v) is 6.01. The number of nitrogens with zero attached hydrogens (tertiary/aromatic N) is 2. The van der Waals surface area contributed by atoms with Crippen LogP contribution in [0.5, 0.6) is 0 Å². The molecule has 2 N–H and O–H groups in total. The molecule has 0 bridgehead atoms. The normalized spacial score (nSPS) is 10.2. The Kier molecular flexibility index (Phi) is 4.06. The molecule has 1 heterocycles. The van der Waals surface area contributed by atoms with E-state index in [1.807, 2.05) is 24.3 Å². The van der Waals surface area contributed by atoms with Crippen molar-refractivity contribution in [2.45, 2.75) is 0 Å². The first-order valence-electron chi connectivity index (χ1n) is 5.22. The Labute approximate surface area is 108 Å². The van der Waals surface area contributed by atoms with Crippen molar-refractivity contribution in [3.63, 3.8) is 0 Å². The second kappa shape index (κ2) is 5.75. The summed E-state index contributed by atoms with van der Waals surface area (Å²) < 4.78 is 1.04. The Morgan fingerprint density at radius 2 is 1.71 bits per heavy atom. The Morgan fingerprint density at radius 3 is 2.29 bits per heavy atom. The average molecular weight is 294 g/mol. The van der Waals surface area contributed by atoms with Gasteiger partial charge in [-0.2, -0.15) is 0 Å². The predicted octanol–water partition coefficient (Wildman–Crippen LogP) is 2.31. The van der Waals surface area contributed by atoms with Crippen molar-refractivity contribution in [3.05, 3.63) is 41.1 Å². The first kappa shape index (κ1) is 12.0. The highest BCUT2D eigenvalue weighted by molar-refractivity contribution is 9.10. The van der Waals surface area contributed by atoms with E-state index in [0.717, 1.165) is 15.6 Å². The summed E-state index contributed by atoms with van der Waals surface area (Å²) in [6.45, 7) is 0.523. The lowest BCUT2D eigenvalue weighted by Crippen LogP contribution is -2.08. The van der Waals surface area contributed by atoms with Crippen LogP contribution in [0.4, 0.5) is 5.95 Å². The Hall–Kier alpha value is -1.46. The topological polar surface area (TPSA) is 58.0 Å². The van der Waals surface area contributed by atoms with Crippen molar-refractivity contribution in [1.82, 2.24) is 9.97 Å². The van der Waals surface area contributed by atoms with Crippen LogP contribution in [0.25, 0.3) is 11.1 Å². The van der Waals surface area contributed by atoms with Gasteiger partial charge in [-0.1, -0.05) is 28.1 Å². The summed E-state index contributed by atoms with van der Waals surface area (Å²) in [5.74, 6) is 0.528. The maximum Gasteiger partial charge on any atom is 0.222 e. The fourth-order valence-corrected chi connectivity index (χ4v) is 1.64. The molecule has 0 fully saturated rings. The monoisotopic (exact) mass is 293 g/mol. The molecule has 0 amide bonds. The van der Waals surface area contributed by atoms with E-state index in [0.29, 0.717) is 12.5 Å². The van der Waals surface area contributed by atoms with Gasteiger partial charge in [0, 0.05) is 29.0 Å². The number of aliphatic hydroxyl groups is 1. The Morgan fingerprint density at radius 1 is 1.06 bits per heavy atom. The van der Waals surface area contributed by atoms with E-state index >= 15 is 0 Å². The minimum Gasteiger partial charge on any atom is -0.395 e. The molecular formula is C12H12BrN3O. The predicted molar refractivity (Wildman–Crippen MR) is 70.7 cm³/mol. The lowest BCUT2D eigenvalue weighted by Gasteiger charge is -2.04. The van der Waals surface area contributed by atoms with Crippen LogP contribution in [0.2, 0.25) is 0 Å². The van der Waals surface area contributed by atoms with Gasteiger partial charge in [0.2, 0.25) is 5.95 Å². The number of anilines is 1. The lowest BCUT2D eigenvalue weighted by molar-refractivity contribution is 0.311. The number of aliphatic hydroxyl groups excluding tert-OH is 1. The van der Waals surface area contributed by atoms with Crippen LogP contribution >= 0.6 is 15.9 Å². The number of halogens is 1. The van der Waals surface area contributed by atoms with Gasteiger partial charge < -0.3 is 10.4 Å². The molecule has 17 heavy (non-hydrogen) atoms. The summed E-state index contributed by atoms with van der Waals surface area (Å²) in [6, 6.07) is 7.97. The maximum absolute atomic E-state index is 8.66. The van der Waals surface area contributed by atoms with E-state index in [4.69, 9.17) is 5.11 Å². The number of nitrogens with one attached hydrogen (secondary N) is 1. The molecule has 0 saturated heterocycles. The van der Waals surface area contributed by atoms with Gasteiger partial charge >= 0.3 is 0 Å². The molecule has 0 atom stereocenters. The zero-order chi connectivity index (χ0) is 12.1. The van der Waals surface area contributed by atoms with Gasteiger partial charge in [0.05, 0.1) is 6.61 Å². The van der Waals surface area contributed by atoms with Crippen molar-refractivity contribution in [2.75, 3.05) is 18.5 Å². The number of rotatable bonds is 4. The number of benzene rings is 1. The molecule has 0 radical (unpaired) electrons. The molecule has 1 aromatic heterocycles. The molecule has 5 heteroatoms. The molecule has 0 aliphatic heterocycles. The SMILES string of the molecule is OCCNc1ncc(-c2ccc(Br)cc2)cn1. The molecular weight excluding hydrogens is 282 g/mol. The highest BCUT2D eigenvalue weighted by atomic mass is 79.9. The molecule has 0 unspecified atom stereocenters. The largest absolute Gasteiger partial charge is 0.395 e. The molecule has 1 aromatic carbocycles. The van der Waals surface area contributed by atoms with Gasteiger partial charge in [-0.25, -0.2) is 9.97 Å². The second-order valence-electron chi connectivity index (χ2n) is 3.45. The third-order valence-corrected chi connectivity index (χ3v) is 2.75. The van der Waals surface area contributed by atoms with E-state index < -0.39 is 0 Å². The number of hydrogen-bond donors (Lipinski definition) is 2. The zero-order valence-corrected chi connectivity index (χ0v) is 10.7. The summed E-state index contributed by atoms with van der Waals surface area (Å²) in [4.78, 5) is 8.34. The highest BCUT2D eigenvalue weighted by Gasteiger charge is 1.99. The van der Waals surface area contributed by atoms with Crippen LogP contribution in [-0.4, -0.2) is 28.2 Å². The van der Waals surface area contributed by atoms with Crippen LogP contribution in [0.3, 0.4) is 0 Å². The quantitative estimate of drug-likeness (QED) is 0.908. The fourth-order valence-electron chi connectivity index (χ4n) is 1.38. The van der Waals surface area contributed by atoms with Crippen molar-refractivity contribution < 1.29 is 5.11 Å². The summed E-state index contributed by atoms with van der Waals surface area (Å²) in [5, 5.41) is 11.6. The van der Waals surface area contributed by atoms with E-state index in [9.17, 15) is 0 Å². The van der Waals surface area contributed by atoms with Gasteiger partial charge in [-0.3, -0.25) is 0 Å². The Balaban J connectivity index is 2.14. The third-order valence-electron chi connectivity index (χ3n) is 2.22. The Bertz CT molecular complexity index is 470. The highest BCUT2D eigenvalue weighted by Crippen LogP contribution is 2.20. The van der Waals surface area contributed by atoms with Gasteiger partial charge in [-0.15, -0.1) is 0 Å². The van der Waals surface area contributed by atoms with Crippen molar-refractivity contribution in [1.29, 1.82) is 0 Å². The van der Waals surface area contributed by atoms with Gasteiger partial charge in [0.15, 0.2) is 0 Å². The van der Waals surface area contributed by atoms with Gasteiger partial charge in [-0.05, 0) is 17.7 Å². The molecule has 0 aliphatic rings. The van der Waals surface area contributed by atoms with Crippen LogP contribution in [0.15, 0.2) is 41.1 Å². The van der Waals surface area contributed by atoms with Gasteiger partial charge in [0.1, 0.15) is 0 Å². The average Bonchev–Trinajstić information content (AvgIpc) is 2.38. The fraction of sp³-hybridized carbons (Fsp3) is 0.167. The summed E-state index contributed by atoms with van der Waals surface area (Å²) in [5.41, 5.74) is 2.04. The van der Waals surface area contributed by atoms with E-state index in [1.165, 1.54) is 0 Å². The molecule has 4 nitrogen and oxygen atoms in total. The molecule has 0 saturated carbocycles. The first-order chi connectivity index (χ1) is 8.29. The van der Waals surface area contributed by atoms with Crippen LogP contribution in [0, 0.1) is 0 Å². The number of aromatic nitrogens is 2. The summed E-state index contributed by atoms with van der Waals surface area (Å²) >= 11 is 3.39. The number of hydrogen-bond acceptors (Lipinski definition) is 4. The summed E-state index contributed by atoms with van der Waals surface area (Å²) in [6.07, 6.45) is 3.52. The smallest absolute Gasteiger partial charge is 0.222 e. The van der Waals surface area contributed by atoms with E-state index in [-0.39, 0.29) is 6.61 Å². The van der Waals surface area contributed by atoms with Crippen molar-refractivity contribution in [3.8, 4) is 11.1 Å². The van der Waals surface area contributed by atoms with Crippen LogP contribution in [-0.2, 0) is 0 Å². The molecule has 2 rings (SSSR count). The summed E-state index contributed by atoms with van der Waals surface area (Å²) in [7, 11) is 0. The standard InChI is InChI=1S/C12H12BrN3O/c13-11-3-1-9(2-4-11)10-7-15-12(16-8-10)14-5-6-17/h1-4,7-8,17H,5-6H2,(H,14,15,16). The van der Waals surface area contributed by atoms with Crippen LogP contribution < -0.4 is 5.32 Å². The molecule has 0 aliphatic carbocycles. The minimum atomic E-state index is 0.0673. The van der Waals surface area contributed by atoms with Crippen molar-refractivity contribution in [2.24, 2.45) is 0 Å².